The van der Waals surface area contributed by atoms with E-state index in [4.69, 9.17) is 9.47 Å². The number of para-hydroxylation sites is 1. The molecule has 0 saturated carbocycles. The first-order valence-corrected chi connectivity index (χ1v) is 9.46. The Morgan fingerprint density at radius 1 is 1.00 bits per heavy atom. The van der Waals surface area contributed by atoms with E-state index in [2.05, 4.69) is 10.1 Å². The van der Waals surface area contributed by atoms with Crippen molar-refractivity contribution in [2.24, 2.45) is 0 Å². The van der Waals surface area contributed by atoms with E-state index in [0.717, 1.165) is 12.8 Å². The summed E-state index contributed by atoms with van der Waals surface area (Å²) in [5, 5.41) is 2.72. The summed E-state index contributed by atoms with van der Waals surface area (Å²) in [6.45, 7) is 2.17. The third-order valence-corrected chi connectivity index (χ3v) is 3.68. The molecule has 0 heterocycles. The fourth-order valence-corrected chi connectivity index (χ4v) is 2.41. The summed E-state index contributed by atoms with van der Waals surface area (Å²) in [6, 6.07) is 11.4. The highest BCUT2D eigenvalue weighted by atomic mass is 19.3. The third-order valence-electron chi connectivity index (χ3n) is 3.68. The average Bonchev–Trinajstić information content (AvgIpc) is 2.70. The van der Waals surface area contributed by atoms with Crippen LogP contribution in [0.3, 0.4) is 0 Å². The van der Waals surface area contributed by atoms with Crippen molar-refractivity contribution in [2.75, 3.05) is 18.5 Å². The van der Waals surface area contributed by atoms with Crippen LogP contribution in [0.2, 0.25) is 0 Å². The van der Waals surface area contributed by atoms with Gasteiger partial charge >= 0.3 is 6.61 Å². The van der Waals surface area contributed by atoms with Gasteiger partial charge in [-0.1, -0.05) is 32.0 Å². The second kappa shape index (κ2) is 11.7. The van der Waals surface area contributed by atoms with E-state index in [9.17, 15) is 13.6 Å². The maximum atomic E-state index is 12.5. The van der Waals surface area contributed by atoms with Crippen molar-refractivity contribution >= 4 is 17.7 Å². The largest absolute Gasteiger partial charge is 0.490 e. The number of halogens is 2. The molecule has 0 aliphatic rings. The highest BCUT2D eigenvalue weighted by Gasteiger charge is 2.09. The number of carbonyl (C=O) groups is 1. The minimum absolute atomic E-state index is 0.000715. The minimum Gasteiger partial charge on any atom is -0.490 e. The fraction of sp³-hybridized carbons (Fsp3) is 0.318. The van der Waals surface area contributed by atoms with E-state index in [1.54, 1.807) is 36.4 Å². The summed E-state index contributed by atoms with van der Waals surface area (Å²) in [4.78, 5) is 12.2. The van der Waals surface area contributed by atoms with Crippen LogP contribution in [0.25, 0.3) is 6.08 Å². The highest BCUT2D eigenvalue weighted by Crippen LogP contribution is 2.31. The Morgan fingerprint density at radius 3 is 2.38 bits per heavy atom. The van der Waals surface area contributed by atoms with Crippen molar-refractivity contribution in [3.05, 3.63) is 54.1 Å². The Labute approximate surface area is 169 Å². The standard InChI is InChI=1S/C22H25F2NO4/c1-3-13-27-19-11-10-17(15-20(19)28-14-4-2)25-21(26)12-9-16-7-5-6-8-18(16)29-22(23)24/h5-12,15,22H,3-4,13-14H2,1-2H3,(H,25,26)/b12-9+. The van der Waals surface area contributed by atoms with Gasteiger partial charge < -0.3 is 19.5 Å². The molecule has 0 fully saturated rings. The van der Waals surface area contributed by atoms with Gasteiger partial charge in [0.15, 0.2) is 11.5 Å². The lowest BCUT2D eigenvalue weighted by atomic mass is 10.2. The normalized spacial score (nSPS) is 10.9. The quantitative estimate of drug-likeness (QED) is 0.500. The predicted octanol–water partition coefficient (Wildman–Crippen LogP) is 5.52. The number of carbonyl (C=O) groups excluding carboxylic acids is 1. The van der Waals surface area contributed by atoms with Gasteiger partial charge in [0.05, 0.1) is 13.2 Å². The molecule has 7 heteroatoms. The summed E-state index contributed by atoms with van der Waals surface area (Å²) in [7, 11) is 0. The topological polar surface area (TPSA) is 56.8 Å². The lowest BCUT2D eigenvalue weighted by Crippen LogP contribution is -2.09. The third kappa shape index (κ3) is 7.44. The molecule has 2 aromatic carbocycles. The molecule has 0 atom stereocenters. The van der Waals surface area contributed by atoms with E-state index in [1.165, 1.54) is 18.2 Å². The minimum atomic E-state index is -2.94. The summed E-state index contributed by atoms with van der Waals surface area (Å²) in [5.74, 6) is 0.754. The number of hydrogen-bond donors (Lipinski definition) is 1. The average molecular weight is 405 g/mol. The molecule has 2 aromatic rings. The van der Waals surface area contributed by atoms with Crippen LogP contribution in [0, 0.1) is 0 Å². The van der Waals surface area contributed by atoms with Crippen LogP contribution >= 0.6 is 0 Å². The summed E-state index contributed by atoms with van der Waals surface area (Å²) in [5.41, 5.74) is 0.907. The fourth-order valence-electron chi connectivity index (χ4n) is 2.41. The molecule has 5 nitrogen and oxygen atoms in total. The summed E-state index contributed by atoms with van der Waals surface area (Å²) < 4.78 is 40.8. The monoisotopic (exact) mass is 405 g/mol. The maximum absolute atomic E-state index is 12.5. The number of benzene rings is 2. The molecule has 29 heavy (non-hydrogen) atoms. The van der Waals surface area contributed by atoms with Crippen LogP contribution in [-0.2, 0) is 4.79 Å². The molecule has 2 rings (SSSR count). The molecular formula is C22H25F2NO4. The molecule has 0 aliphatic heterocycles. The molecule has 1 amide bonds. The SMILES string of the molecule is CCCOc1ccc(NC(=O)/C=C/c2ccccc2OC(F)F)cc1OCCC. The van der Waals surface area contributed by atoms with E-state index >= 15 is 0 Å². The van der Waals surface area contributed by atoms with Crippen molar-refractivity contribution < 1.29 is 27.8 Å². The van der Waals surface area contributed by atoms with Crippen LogP contribution in [0.4, 0.5) is 14.5 Å². The van der Waals surface area contributed by atoms with E-state index < -0.39 is 12.5 Å². The van der Waals surface area contributed by atoms with Crippen LogP contribution in [0.5, 0.6) is 17.2 Å². The van der Waals surface area contributed by atoms with Gasteiger partial charge in [0, 0.05) is 23.4 Å². The van der Waals surface area contributed by atoms with Gasteiger partial charge in [-0.3, -0.25) is 4.79 Å². The lowest BCUT2D eigenvalue weighted by Gasteiger charge is -2.13. The Balaban J connectivity index is 2.09. The highest BCUT2D eigenvalue weighted by molar-refractivity contribution is 6.02. The molecule has 0 unspecified atom stereocenters. The van der Waals surface area contributed by atoms with Gasteiger partial charge in [0.25, 0.3) is 0 Å². The van der Waals surface area contributed by atoms with E-state index in [-0.39, 0.29) is 5.75 Å². The Kier molecular flexibility index (Phi) is 8.95. The molecule has 0 saturated heterocycles. The van der Waals surface area contributed by atoms with Gasteiger partial charge in [-0.05, 0) is 37.1 Å². The first kappa shape index (κ1) is 22.2. The zero-order valence-electron chi connectivity index (χ0n) is 16.5. The van der Waals surface area contributed by atoms with Gasteiger partial charge in [0.1, 0.15) is 5.75 Å². The van der Waals surface area contributed by atoms with Crippen molar-refractivity contribution in [1.82, 2.24) is 0 Å². The van der Waals surface area contributed by atoms with Crippen LogP contribution in [0.15, 0.2) is 48.5 Å². The Morgan fingerprint density at radius 2 is 1.69 bits per heavy atom. The summed E-state index contributed by atoms with van der Waals surface area (Å²) >= 11 is 0. The van der Waals surface area contributed by atoms with Crippen molar-refractivity contribution in [3.63, 3.8) is 0 Å². The Hall–Kier alpha value is -3.09. The zero-order valence-corrected chi connectivity index (χ0v) is 16.5. The number of alkyl halides is 2. The number of ether oxygens (including phenoxy) is 3. The van der Waals surface area contributed by atoms with Gasteiger partial charge in [-0.15, -0.1) is 0 Å². The molecule has 0 radical (unpaired) electrons. The summed E-state index contributed by atoms with van der Waals surface area (Å²) in [6.07, 6.45) is 4.38. The van der Waals surface area contributed by atoms with Crippen molar-refractivity contribution in [2.45, 2.75) is 33.3 Å². The molecule has 1 N–H and O–H groups in total. The number of nitrogens with one attached hydrogen (secondary N) is 1. The molecular weight excluding hydrogens is 380 g/mol. The number of hydrogen-bond acceptors (Lipinski definition) is 4. The van der Waals surface area contributed by atoms with Crippen molar-refractivity contribution in [1.29, 1.82) is 0 Å². The van der Waals surface area contributed by atoms with Crippen molar-refractivity contribution in [3.8, 4) is 17.2 Å². The first-order valence-electron chi connectivity index (χ1n) is 9.46. The molecule has 0 bridgehead atoms. The maximum Gasteiger partial charge on any atom is 0.387 e. The molecule has 0 aromatic heterocycles. The Bertz CT molecular complexity index is 824. The molecule has 156 valence electrons. The van der Waals surface area contributed by atoms with Gasteiger partial charge in [-0.25, -0.2) is 0 Å². The second-order valence-corrected chi connectivity index (χ2v) is 6.10. The smallest absolute Gasteiger partial charge is 0.387 e. The first-order chi connectivity index (χ1) is 14.0. The number of rotatable bonds is 11. The van der Waals surface area contributed by atoms with Crippen LogP contribution < -0.4 is 19.5 Å². The van der Waals surface area contributed by atoms with Gasteiger partial charge in [-0.2, -0.15) is 8.78 Å². The van der Waals surface area contributed by atoms with Crippen LogP contribution in [0.1, 0.15) is 32.3 Å². The zero-order chi connectivity index (χ0) is 21.1. The van der Waals surface area contributed by atoms with Crippen LogP contribution in [-0.4, -0.2) is 25.7 Å². The molecule has 0 aliphatic carbocycles. The lowest BCUT2D eigenvalue weighted by molar-refractivity contribution is -0.111. The van der Waals surface area contributed by atoms with Gasteiger partial charge in [0.2, 0.25) is 5.91 Å². The second-order valence-electron chi connectivity index (χ2n) is 6.10. The number of anilines is 1. The number of amides is 1. The predicted molar refractivity (Wildman–Crippen MR) is 109 cm³/mol. The van der Waals surface area contributed by atoms with E-state index in [0.29, 0.717) is 36.0 Å². The van der Waals surface area contributed by atoms with E-state index in [1.807, 2.05) is 13.8 Å². The molecule has 0 spiro atoms.